The van der Waals surface area contributed by atoms with Crippen LogP contribution < -0.4 is 0 Å². The third-order valence-corrected chi connectivity index (χ3v) is 10.7. The number of benzene rings is 9. The van der Waals surface area contributed by atoms with E-state index in [1.54, 1.807) is 0 Å². The SMILES string of the molecule is c1ccc(-c2ccc3c(ccc4cc(-c5nc(-c6ccc7ccccc7c6)nc(-c6c(-c7ccccc7)ccc7oc8ccccc8c67)n5)ccc43)c2)cc1. The van der Waals surface area contributed by atoms with Gasteiger partial charge in [-0.15, -0.1) is 0 Å². The molecule has 0 saturated heterocycles. The van der Waals surface area contributed by atoms with Crippen molar-refractivity contribution >= 4 is 54.3 Å². The number of rotatable bonds is 5. The molecule has 11 aromatic rings. The summed E-state index contributed by atoms with van der Waals surface area (Å²) in [6.07, 6.45) is 0. The van der Waals surface area contributed by atoms with E-state index in [0.717, 1.165) is 60.5 Å². The van der Waals surface area contributed by atoms with Crippen molar-refractivity contribution in [1.82, 2.24) is 15.0 Å². The van der Waals surface area contributed by atoms with Gasteiger partial charge in [-0.1, -0.05) is 152 Å². The smallest absolute Gasteiger partial charge is 0.165 e. The van der Waals surface area contributed by atoms with E-state index in [9.17, 15) is 0 Å². The van der Waals surface area contributed by atoms with E-state index in [0.29, 0.717) is 17.5 Å². The minimum atomic E-state index is 0.594. The second-order valence-electron chi connectivity index (χ2n) is 14.0. The van der Waals surface area contributed by atoms with Gasteiger partial charge < -0.3 is 4.42 Å². The molecule has 256 valence electrons. The number of fused-ring (bicyclic) bond motifs is 7. The van der Waals surface area contributed by atoms with Crippen LogP contribution in [0.5, 0.6) is 0 Å². The summed E-state index contributed by atoms with van der Waals surface area (Å²) in [7, 11) is 0. The van der Waals surface area contributed by atoms with Gasteiger partial charge in [-0.25, -0.2) is 15.0 Å². The Bertz CT molecular complexity index is 3260. The third kappa shape index (κ3) is 5.34. The maximum absolute atomic E-state index is 6.43. The van der Waals surface area contributed by atoms with Crippen LogP contribution in [-0.2, 0) is 0 Å². The highest BCUT2D eigenvalue weighted by atomic mass is 16.3. The maximum atomic E-state index is 6.43. The quantitative estimate of drug-likeness (QED) is 0.168. The Morgan fingerprint density at radius 2 is 0.855 bits per heavy atom. The lowest BCUT2D eigenvalue weighted by molar-refractivity contribution is 0.669. The van der Waals surface area contributed by atoms with Gasteiger partial charge >= 0.3 is 0 Å². The Balaban J connectivity index is 1.15. The van der Waals surface area contributed by atoms with Crippen LogP contribution in [0.4, 0.5) is 0 Å². The molecule has 0 aliphatic carbocycles. The molecule has 0 unspecified atom stereocenters. The molecule has 0 saturated carbocycles. The first-order chi connectivity index (χ1) is 27.2. The van der Waals surface area contributed by atoms with Gasteiger partial charge in [-0.3, -0.25) is 0 Å². The summed E-state index contributed by atoms with van der Waals surface area (Å²) in [4.78, 5) is 15.8. The summed E-state index contributed by atoms with van der Waals surface area (Å²) < 4.78 is 6.43. The van der Waals surface area contributed by atoms with Gasteiger partial charge in [-0.05, 0) is 91.0 Å². The van der Waals surface area contributed by atoms with Crippen molar-refractivity contribution in [2.24, 2.45) is 0 Å². The van der Waals surface area contributed by atoms with Crippen molar-refractivity contribution in [3.8, 4) is 56.4 Å². The number of para-hydroxylation sites is 1. The fourth-order valence-electron chi connectivity index (χ4n) is 8.00. The zero-order chi connectivity index (χ0) is 36.3. The Morgan fingerprint density at radius 3 is 1.60 bits per heavy atom. The summed E-state index contributed by atoms with van der Waals surface area (Å²) in [5.41, 5.74) is 8.90. The zero-order valence-electron chi connectivity index (χ0n) is 29.6. The van der Waals surface area contributed by atoms with Crippen molar-refractivity contribution in [2.45, 2.75) is 0 Å². The molecule has 0 amide bonds. The lowest BCUT2D eigenvalue weighted by Crippen LogP contribution is -2.01. The van der Waals surface area contributed by atoms with Crippen LogP contribution in [0.25, 0.3) is 111 Å². The van der Waals surface area contributed by atoms with E-state index in [2.05, 4.69) is 170 Å². The van der Waals surface area contributed by atoms with Crippen molar-refractivity contribution in [3.63, 3.8) is 0 Å². The predicted molar refractivity (Wildman–Crippen MR) is 227 cm³/mol. The van der Waals surface area contributed by atoms with Crippen LogP contribution in [0.1, 0.15) is 0 Å². The lowest BCUT2D eigenvalue weighted by Gasteiger charge is -2.14. The molecule has 0 fully saturated rings. The van der Waals surface area contributed by atoms with E-state index in [1.165, 1.54) is 32.7 Å². The summed E-state index contributed by atoms with van der Waals surface area (Å²) >= 11 is 0. The molecule has 4 nitrogen and oxygen atoms in total. The molecule has 55 heavy (non-hydrogen) atoms. The first-order valence-electron chi connectivity index (χ1n) is 18.5. The highest BCUT2D eigenvalue weighted by molar-refractivity contribution is 6.15. The fraction of sp³-hybridized carbons (Fsp3) is 0. The Morgan fingerprint density at radius 1 is 0.309 bits per heavy atom. The molecular formula is C51H31N3O. The summed E-state index contributed by atoms with van der Waals surface area (Å²) in [5, 5.41) is 9.03. The topological polar surface area (TPSA) is 51.8 Å². The molecule has 0 atom stereocenters. The number of hydrogen-bond acceptors (Lipinski definition) is 4. The average molecular weight is 702 g/mol. The molecule has 0 bridgehead atoms. The summed E-state index contributed by atoms with van der Waals surface area (Å²) in [5.74, 6) is 1.82. The third-order valence-electron chi connectivity index (χ3n) is 10.7. The molecule has 0 N–H and O–H groups in total. The van der Waals surface area contributed by atoms with E-state index >= 15 is 0 Å². The lowest BCUT2D eigenvalue weighted by atomic mass is 9.94. The van der Waals surface area contributed by atoms with Crippen LogP contribution in [0.2, 0.25) is 0 Å². The van der Waals surface area contributed by atoms with Gasteiger partial charge in [0, 0.05) is 27.5 Å². The van der Waals surface area contributed by atoms with E-state index in [1.807, 2.05) is 18.2 Å². The van der Waals surface area contributed by atoms with Crippen LogP contribution in [0.15, 0.2) is 192 Å². The van der Waals surface area contributed by atoms with Gasteiger partial charge in [0.15, 0.2) is 17.5 Å². The normalized spacial score (nSPS) is 11.6. The monoisotopic (exact) mass is 701 g/mol. The predicted octanol–water partition coefficient (Wildman–Crippen LogP) is 13.6. The largest absolute Gasteiger partial charge is 0.456 e. The Kier molecular flexibility index (Phi) is 7.14. The molecular weight excluding hydrogens is 671 g/mol. The molecule has 0 spiro atoms. The fourth-order valence-corrected chi connectivity index (χ4v) is 8.00. The molecule has 2 aromatic heterocycles. The number of nitrogens with zero attached hydrogens (tertiary/aromatic N) is 3. The van der Waals surface area contributed by atoms with Crippen LogP contribution >= 0.6 is 0 Å². The molecule has 9 aromatic carbocycles. The summed E-state index contributed by atoms with van der Waals surface area (Å²) in [6, 6.07) is 65.8. The number of furan rings is 1. The molecule has 0 radical (unpaired) electrons. The molecule has 2 heterocycles. The molecule has 0 aliphatic rings. The zero-order valence-corrected chi connectivity index (χ0v) is 29.6. The molecule has 0 aliphatic heterocycles. The van der Waals surface area contributed by atoms with Gasteiger partial charge in [0.1, 0.15) is 11.2 Å². The van der Waals surface area contributed by atoms with Crippen LogP contribution in [-0.4, -0.2) is 15.0 Å². The highest BCUT2D eigenvalue weighted by Gasteiger charge is 2.22. The second kappa shape index (κ2) is 12.6. The first kappa shape index (κ1) is 31.1. The Hall–Kier alpha value is -7.43. The average Bonchev–Trinajstić information content (AvgIpc) is 3.65. The standard InChI is InChI=1S/C51H31N3O/c1-3-11-32(12-4-1)36-23-25-41-37(29-36)20-21-38-31-40(24-26-42(38)41)50-52-49(39-22-19-33-13-7-8-16-35(33)30-39)53-51(54-50)48-43(34-14-5-2-6-15-34)27-28-46-47(48)44-17-9-10-18-45(44)55-46/h1-31H. The minimum Gasteiger partial charge on any atom is -0.456 e. The number of aromatic nitrogens is 3. The van der Waals surface area contributed by atoms with Crippen molar-refractivity contribution < 1.29 is 4.42 Å². The van der Waals surface area contributed by atoms with Crippen LogP contribution in [0, 0.1) is 0 Å². The number of hydrogen-bond donors (Lipinski definition) is 0. The van der Waals surface area contributed by atoms with E-state index < -0.39 is 0 Å². The molecule has 4 heteroatoms. The van der Waals surface area contributed by atoms with Gasteiger partial charge in [0.25, 0.3) is 0 Å². The minimum absolute atomic E-state index is 0.594. The Labute approximate surface area is 317 Å². The van der Waals surface area contributed by atoms with Gasteiger partial charge in [0.05, 0.1) is 0 Å². The highest BCUT2D eigenvalue weighted by Crippen LogP contribution is 2.43. The first-order valence-corrected chi connectivity index (χ1v) is 18.5. The van der Waals surface area contributed by atoms with Crippen LogP contribution in [0.3, 0.4) is 0 Å². The van der Waals surface area contributed by atoms with Gasteiger partial charge in [0.2, 0.25) is 0 Å². The van der Waals surface area contributed by atoms with E-state index in [-0.39, 0.29) is 0 Å². The second-order valence-corrected chi connectivity index (χ2v) is 14.0. The summed E-state index contributed by atoms with van der Waals surface area (Å²) in [6.45, 7) is 0. The van der Waals surface area contributed by atoms with Crippen molar-refractivity contribution in [3.05, 3.63) is 188 Å². The van der Waals surface area contributed by atoms with E-state index in [4.69, 9.17) is 19.4 Å². The molecule has 11 rings (SSSR count). The van der Waals surface area contributed by atoms with Crippen molar-refractivity contribution in [1.29, 1.82) is 0 Å². The maximum Gasteiger partial charge on any atom is 0.165 e. The van der Waals surface area contributed by atoms with Gasteiger partial charge in [-0.2, -0.15) is 0 Å². The van der Waals surface area contributed by atoms with Crippen molar-refractivity contribution in [2.75, 3.05) is 0 Å².